The van der Waals surface area contributed by atoms with Crippen LogP contribution in [0.4, 0.5) is 0 Å². The van der Waals surface area contributed by atoms with Gasteiger partial charge in [0.1, 0.15) is 0 Å². The van der Waals surface area contributed by atoms with Crippen LogP contribution in [0, 0.1) is 0 Å². The highest BCUT2D eigenvalue weighted by molar-refractivity contribution is 5.66. The summed E-state index contributed by atoms with van der Waals surface area (Å²) in [5, 5.41) is 13.4. The summed E-state index contributed by atoms with van der Waals surface area (Å²) in [7, 11) is 0. The van der Waals surface area contributed by atoms with Gasteiger partial charge in [0.05, 0.1) is 17.8 Å². The van der Waals surface area contributed by atoms with E-state index in [9.17, 15) is 4.79 Å². The number of benzene rings is 1. The molecular weight excluding hydrogens is 266 g/mol. The van der Waals surface area contributed by atoms with E-state index in [1.807, 2.05) is 47.3 Å². The van der Waals surface area contributed by atoms with Crippen molar-refractivity contribution in [3.63, 3.8) is 0 Å². The highest BCUT2D eigenvalue weighted by Crippen LogP contribution is 2.10. The van der Waals surface area contributed by atoms with Crippen molar-refractivity contribution in [1.29, 1.82) is 0 Å². The fourth-order valence-electron chi connectivity index (χ4n) is 2.14. The van der Waals surface area contributed by atoms with Gasteiger partial charge in [0.25, 0.3) is 0 Å². The topological polar surface area (TPSA) is 58.4 Å². The molecule has 0 radical (unpaired) electrons. The van der Waals surface area contributed by atoms with Crippen molar-refractivity contribution >= 4 is 5.97 Å². The van der Waals surface area contributed by atoms with E-state index in [0.29, 0.717) is 13.1 Å². The van der Waals surface area contributed by atoms with Crippen LogP contribution < -0.4 is 0 Å². The highest BCUT2D eigenvalue weighted by Gasteiger charge is 2.13. The molecule has 0 saturated carbocycles. The van der Waals surface area contributed by atoms with Gasteiger partial charge in [-0.2, -0.15) is 5.10 Å². The van der Waals surface area contributed by atoms with E-state index in [1.165, 1.54) is 0 Å². The van der Waals surface area contributed by atoms with Crippen molar-refractivity contribution in [2.45, 2.75) is 32.9 Å². The fraction of sp³-hybridized carbons (Fsp3) is 0.375. The quantitative estimate of drug-likeness (QED) is 0.850. The molecule has 0 saturated heterocycles. The highest BCUT2D eigenvalue weighted by atomic mass is 16.4. The van der Waals surface area contributed by atoms with Crippen molar-refractivity contribution in [1.82, 2.24) is 14.7 Å². The van der Waals surface area contributed by atoms with E-state index in [2.05, 4.69) is 23.8 Å². The van der Waals surface area contributed by atoms with Crippen molar-refractivity contribution in [3.05, 3.63) is 48.3 Å². The Bertz CT molecular complexity index is 578. The summed E-state index contributed by atoms with van der Waals surface area (Å²) < 4.78 is 1.84. The lowest BCUT2D eigenvalue weighted by molar-refractivity contribution is -0.137. The van der Waals surface area contributed by atoms with Crippen LogP contribution in [-0.4, -0.2) is 38.3 Å². The zero-order valence-electron chi connectivity index (χ0n) is 12.4. The van der Waals surface area contributed by atoms with Gasteiger partial charge in [0, 0.05) is 25.3 Å². The van der Waals surface area contributed by atoms with Crippen LogP contribution >= 0.6 is 0 Å². The first-order chi connectivity index (χ1) is 10.1. The molecule has 0 bridgehead atoms. The maximum Gasteiger partial charge on any atom is 0.304 e. The molecule has 0 unspecified atom stereocenters. The number of carboxylic acids is 1. The van der Waals surface area contributed by atoms with Crippen molar-refractivity contribution in [2.24, 2.45) is 0 Å². The number of nitrogens with zero attached hydrogens (tertiary/aromatic N) is 3. The SMILES string of the molecule is CC(C)N(CCC(=O)O)Cc1ccn(-c2ccccc2)n1. The summed E-state index contributed by atoms with van der Waals surface area (Å²) in [6, 6.07) is 12.2. The Kier molecular flexibility index (Phi) is 5.11. The third kappa shape index (κ3) is 4.43. The van der Waals surface area contributed by atoms with Crippen LogP contribution in [0.15, 0.2) is 42.6 Å². The molecule has 0 aliphatic carbocycles. The predicted molar refractivity (Wildman–Crippen MR) is 81.4 cm³/mol. The van der Waals surface area contributed by atoms with E-state index >= 15 is 0 Å². The Morgan fingerprint density at radius 1 is 1.29 bits per heavy atom. The second kappa shape index (κ2) is 7.04. The van der Waals surface area contributed by atoms with E-state index < -0.39 is 5.97 Å². The van der Waals surface area contributed by atoms with Gasteiger partial charge in [0.2, 0.25) is 0 Å². The minimum Gasteiger partial charge on any atom is -0.481 e. The maximum atomic E-state index is 10.7. The smallest absolute Gasteiger partial charge is 0.304 e. The van der Waals surface area contributed by atoms with Crippen LogP contribution in [0.3, 0.4) is 0 Å². The molecule has 0 amide bonds. The Morgan fingerprint density at radius 2 is 2.00 bits per heavy atom. The van der Waals surface area contributed by atoms with E-state index in [-0.39, 0.29) is 12.5 Å². The summed E-state index contributed by atoms with van der Waals surface area (Å²) in [5.41, 5.74) is 1.96. The number of para-hydroxylation sites is 1. The lowest BCUT2D eigenvalue weighted by Gasteiger charge is -2.24. The number of carbonyl (C=O) groups is 1. The number of hydrogen-bond acceptors (Lipinski definition) is 3. The summed E-state index contributed by atoms with van der Waals surface area (Å²) in [4.78, 5) is 12.8. The number of rotatable bonds is 7. The molecule has 5 heteroatoms. The largest absolute Gasteiger partial charge is 0.481 e. The molecule has 2 aromatic rings. The maximum absolute atomic E-state index is 10.7. The molecule has 1 aromatic heterocycles. The van der Waals surface area contributed by atoms with Gasteiger partial charge >= 0.3 is 5.97 Å². The molecule has 1 N–H and O–H groups in total. The van der Waals surface area contributed by atoms with Crippen molar-refractivity contribution in [3.8, 4) is 5.69 Å². The molecule has 21 heavy (non-hydrogen) atoms. The monoisotopic (exact) mass is 287 g/mol. The fourth-order valence-corrected chi connectivity index (χ4v) is 2.14. The average molecular weight is 287 g/mol. The predicted octanol–water partition coefficient (Wildman–Crippen LogP) is 2.56. The lowest BCUT2D eigenvalue weighted by atomic mass is 10.2. The molecule has 112 valence electrons. The Morgan fingerprint density at radius 3 is 2.62 bits per heavy atom. The normalized spacial score (nSPS) is 11.2. The first-order valence-corrected chi connectivity index (χ1v) is 7.12. The molecule has 0 aliphatic rings. The lowest BCUT2D eigenvalue weighted by Crippen LogP contribution is -2.32. The third-order valence-electron chi connectivity index (χ3n) is 3.37. The van der Waals surface area contributed by atoms with Crippen LogP contribution in [0.1, 0.15) is 26.0 Å². The Hall–Kier alpha value is -2.14. The van der Waals surface area contributed by atoms with Crippen molar-refractivity contribution < 1.29 is 9.90 Å². The van der Waals surface area contributed by atoms with Crippen LogP contribution in [0.25, 0.3) is 5.69 Å². The minimum absolute atomic E-state index is 0.150. The minimum atomic E-state index is -0.768. The van der Waals surface area contributed by atoms with Gasteiger partial charge in [-0.15, -0.1) is 0 Å². The number of hydrogen-bond donors (Lipinski definition) is 1. The van der Waals surface area contributed by atoms with E-state index in [0.717, 1.165) is 11.4 Å². The standard InChI is InChI=1S/C16H21N3O2/c1-13(2)18(10-9-16(20)21)12-14-8-11-19(17-14)15-6-4-3-5-7-15/h3-8,11,13H,9-10,12H2,1-2H3,(H,20,21). The van der Waals surface area contributed by atoms with Gasteiger partial charge < -0.3 is 5.11 Å². The van der Waals surface area contributed by atoms with E-state index in [4.69, 9.17) is 5.11 Å². The van der Waals surface area contributed by atoms with Gasteiger partial charge in [0.15, 0.2) is 0 Å². The molecule has 1 aromatic carbocycles. The van der Waals surface area contributed by atoms with Crippen molar-refractivity contribution in [2.75, 3.05) is 6.54 Å². The van der Waals surface area contributed by atoms with Crippen LogP contribution in [0.2, 0.25) is 0 Å². The second-order valence-corrected chi connectivity index (χ2v) is 5.30. The Balaban J connectivity index is 2.04. The zero-order chi connectivity index (χ0) is 15.2. The van der Waals surface area contributed by atoms with Gasteiger partial charge in [-0.25, -0.2) is 4.68 Å². The first kappa shape index (κ1) is 15.3. The molecule has 0 spiro atoms. The molecule has 5 nitrogen and oxygen atoms in total. The van der Waals surface area contributed by atoms with Crippen LogP contribution in [-0.2, 0) is 11.3 Å². The number of carboxylic acid groups (broad SMARTS) is 1. The third-order valence-corrected chi connectivity index (χ3v) is 3.37. The molecule has 1 heterocycles. The van der Waals surface area contributed by atoms with Gasteiger partial charge in [-0.1, -0.05) is 18.2 Å². The second-order valence-electron chi connectivity index (χ2n) is 5.30. The van der Waals surface area contributed by atoms with Gasteiger partial charge in [-0.3, -0.25) is 9.69 Å². The molecule has 0 aliphatic heterocycles. The summed E-state index contributed by atoms with van der Waals surface area (Å²) in [6.07, 6.45) is 2.08. The molecular formula is C16H21N3O2. The van der Waals surface area contributed by atoms with E-state index in [1.54, 1.807) is 0 Å². The molecule has 2 rings (SSSR count). The average Bonchev–Trinajstić information content (AvgIpc) is 2.92. The Labute approximate surface area is 124 Å². The number of aliphatic carboxylic acids is 1. The number of aromatic nitrogens is 2. The zero-order valence-corrected chi connectivity index (χ0v) is 12.4. The summed E-state index contributed by atoms with van der Waals surface area (Å²) in [6.45, 7) is 5.32. The van der Waals surface area contributed by atoms with Crippen LogP contribution in [0.5, 0.6) is 0 Å². The molecule has 0 fully saturated rings. The first-order valence-electron chi connectivity index (χ1n) is 7.12. The summed E-state index contributed by atoms with van der Waals surface area (Å²) >= 11 is 0. The molecule has 0 atom stereocenters. The summed E-state index contributed by atoms with van der Waals surface area (Å²) in [5.74, 6) is -0.768. The van der Waals surface area contributed by atoms with Gasteiger partial charge in [-0.05, 0) is 32.0 Å².